The number of hydrogen-bond donors (Lipinski definition) is 1. The van der Waals surface area contributed by atoms with Gasteiger partial charge in [-0.1, -0.05) is 23.7 Å². The molecule has 0 spiro atoms. The summed E-state index contributed by atoms with van der Waals surface area (Å²) in [6.45, 7) is 1.19. The molecule has 2 heterocycles. The summed E-state index contributed by atoms with van der Waals surface area (Å²) < 4.78 is 12.4. The Hall–Kier alpha value is -2.73. The number of halogens is 1. The zero-order valence-corrected chi connectivity index (χ0v) is 14.1. The molecule has 2 aromatic carbocycles. The van der Waals surface area contributed by atoms with Crippen molar-refractivity contribution >= 4 is 28.4 Å². The Morgan fingerprint density at radius 3 is 3.04 bits per heavy atom. The number of nitrogens with zero attached hydrogens (tertiary/aromatic N) is 2. The number of carbonyl (C=O) groups excluding carboxylic acids is 1. The number of aromatic nitrogens is 2. The highest BCUT2D eigenvalue weighted by atomic mass is 35.5. The number of aryl methyl sites for hydroxylation is 1. The summed E-state index contributed by atoms with van der Waals surface area (Å²) in [5.74, 6) is 1.41. The van der Waals surface area contributed by atoms with Gasteiger partial charge in [-0.05, 0) is 29.8 Å². The van der Waals surface area contributed by atoms with Crippen LogP contribution in [0.3, 0.4) is 0 Å². The maximum absolute atomic E-state index is 12.1. The fourth-order valence-electron chi connectivity index (χ4n) is 2.79. The molecule has 0 radical (unpaired) electrons. The Bertz CT molecular complexity index is 938. The molecule has 0 aliphatic carbocycles. The molecule has 7 heteroatoms. The Balaban J connectivity index is 1.34. The molecular formula is C18H16ClN3O3. The molecule has 0 unspecified atom stereocenters. The summed E-state index contributed by atoms with van der Waals surface area (Å²) >= 11 is 6.14. The predicted molar refractivity (Wildman–Crippen MR) is 93.8 cm³/mol. The van der Waals surface area contributed by atoms with Crippen molar-refractivity contribution in [1.82, 2.24) is 15.1 Å². The molecule has 25 heavy (non-hydrogen) atoms. The van der Waals surface area contributed by atoms with E-state index in [0.29, 0.717) is 30.3 Å². The second-order valence-electron chi connectivity index (χ2n) is 5.75. The smallest absolute Gasteiger partial charge is 0.231 e. The number of fused-ring (bicyclic) bond motifs is 2. The summed E-state index contributed by atoms with van der Waals surface area (Å²) in [6.07, 6.45) is 2.07. The third-order valence-corrected chi connectivity index (χ3v) is 4.44. The van der Waals surface area contributed by atoms with Gasteiger partial charge >= 0.3 is 0 Å². The first kappa shape index (κ1) is 15.8. The van der Waals surface area contributed by atoms with E-state index in [2.05, 4.69) is 10.4 Å². The summed E-state index contributed by atoms with van der Waals surface area (Å²) in [7, 11) is 0. The number of ether oxygens (including phenoxy) is 2. The Morgan fingerprint density at radius 2 is 2.12 bits per heavy atom. The van der Waals surface area contributed by atoms with Crippen LogP contribution in [0.5, 0.6) is 11.5 Å². The monoisotopic (exact) mass is 357 g/mol. The number of benzene rings is 2. The van der Waals surface area contributed by atoms with Crippen molar-refractivity contribution < 1.29 is 14.3 Å². The maximum atomic E-state index is 12.1. The van der Waals surface area contributed by atoms with Gasteiger partial charge in [-0.25, -0.2) is 0 Å². The van der Waals surface area contributed by atoms with E-state index >= 15 is 0 Å². The highest BCUT2D eigenvalue weighted by molar-refractivity contribution is 6.35. The lowest BCUT2D eigenvalue weighted by Gasteiger charge is -2.07. The quantitative estimate of drug-likeness (QED) is 0.762. The highest BCUT2D eigenvalue weighted by Gasteiger charge is 2.13. The molecule has 1 aliphatic heterocycles. The van der Waals surface area contributed by atoms with E-state index in [1.165, 1.54) is 0 Å². The molecule has 0 bridgehead atoms. The molecule has 1 N–H and O–H groups in total. The van der Waals surface area contributed by atoms with Crippen molar-refractivity contribution in [2.45, 2.75) is 19.5 Å². The lowest BCUT2D eigenvalue weighted by atomic mass is 10.2. The van der Waals surface area contributed by atoms with Crippen molar-refractivity contribution in [2.75, 3.05) is 6.79 Å². The van der Waals surface area contributed by atoms with E-state index < -0.39 is 0 Å². The van der Waals surface area contributed by atoms with Gasteiger partial charge in [0.05, 0.1) is 23.3 Å². The topological polar surface area (TPSA) is 65.4 Å². The van der Waals surface area contributed by atoms with Crippen LogP contribution in [-0.4, -0.2) is 22.5 Å². The summed E-state index contributed by atoms with van der Waals surface area (Å²) in [4.78, 5) is 12.1. The summed E-state index contributed by atoms with van der Waals surface area (Å²) in [5, 5.41) is 8.77. The van der Waals surface area contributed by atoms with Crippen LogP contribution in [0.1, 0.15) is 12.0 Å². The van der Waals surface area contributed by atoms with Crippen molar-refractivity contribution in [3.8, 4) is 11.5 Å². The van der Waals surface area contributed by atoms with Crippen molar-refractivity contribution in [3.05, 3.63) is 53.2 Å². The number of nitrogens with one attached hydrogen (secondary N) is 1. The molecule has 4 rings (SSSR count). The SMILES string of the molecule is O=C(CCn1ncc2c(Cl)cccc21)NCc1ccc2c(c1)OCO2. The number of carbonyl (C=O) groups is 1. The van der Waals surface area contributed by atoms with Gasteiger partial charge < -0.3 is 14.8 Å². The first-order valence-corrected chi connectivity index (χ1v) is 8.34. The van der Waals surface area contributed by atoms with Gasteiger partial charge in [0.25, 0.3) is 0 Å². The fourth-order valence-corrected chi connectivity index (χ4v) is 3.01. The number of rotatable bonds is 5. The fraction of sp³-hybridized carbons (Fsp3) is 0.222. The van der Waals surface area contributed by atoms with Crippen LogP contribution in [0.15, 0.2) is 42.6 Å². The average Bonchev–Trinajstić information content (AvgIpc) is 3.25. The van der Waals surface area contributed by atoms with Crippen LogP contribution in [0.4, 0.5) is 0 Å². The molecule has 128 valence electrons. The molecule has 1 aliphatic rings. The first-order valence-electron chi connectivity index (χ1n) is 7.96. The van der Waals surface area contributed by atoms with Gasteiger partial charge in [0.1, 0.15) is 0 Å². The largest absolute Gasteiger partial charge is 0.454 e. The van der Waals surface area contributed by atoms with Gasteiger partial charge in [-0.15, -0.1) is 0 Å². The lowest BCUT2D eigenvalue weighted by molar-refractivity contribution is -0.121. The van der Waals surface area contributed by atoms with Gasteiger partial charge in [0, 0.05) is 18.4 Å². The number of hydrogen-bond acceptors (Lipinski definition) is 4. The van der Waals surface area contributed by atoms with E-state index in [1.807, 2.05) is 36.4 Å². The zero-order chi connectivity index (χ0) is 17.2. The molecular weight excluding hydrogens is 342 g/mol. The molecule has 6 nitrogen and oxygen atoms in total. The van der Waals surface area contributed by atoms with E-state index in [4.69, 9.17) is 21.1 Å². The molecule has 0 atom stereocenters. The van der Waals surface area contributed by atoms with Crippen molar-refractivity contribution in [3.63, 3.8) is 0 Å². The molecule has 1 aromatic heterocycles. The molecule has 1 amide bonds. The molecule has 0 fully saturated rings. The van der Waals surface area contributed by atoms with Crippen LogP contribution in [0.2, 0.25) is 5.02 Å². The van der Waals surface area contributed by atoms with E-state index in [0.717, 1.165) is 22.2 Å². The van der Waals surface area contributed by atoms with Gasteiger partial charge in [-0.2, -0.15) is 5.10 Å². The highest BCUT2D eigenvalue weighted by Crippen LogP contribution is 2.32. The van der Waals surface area contributed by atoms with E-state index in [-0.39, 0.29) is 12.7 Å². The third-order valence-electron chi connectivity index (χ3n) is 4.11. The molecule has 0 saturated carbocycles. The second kappa shape index (κ2) is 6.64. The van der Waals surface area contributed by atoms with Crippen LogP contribution in [0.25, 0.3) is 10.9 Å². The van der Waals surface area contributed by atoms with E-state index in [1.54, 1.807) is 10.9 Å². The van der Waals surface area contributed by atoms with Crippen LogP contribution < -0.4 is 14.8 Å². The second-order valence-corrected chi connectivity index (χ2v) is 6.16. The van der Waals surface area contributed by atoms with Gasteiger partial charge in [0.2, 0.25) is 12.7 Å². The van der Waals surface area contributed by atoms with Crippen LogP contribution in [-0.2, 0) is 17.9 Å². The maximum Gasteiger partial charge on any atom is 0.231 e. The number of amides is 1. The van der Waals surface area contributed by atoms with E-state index in [9.17, 15) is 4.79 Å². The van der Waals surface area contributed by atoms with Crippen molar-refractivity contribution in [1.29, 1.82) is 0 Å². The summed E-state index contributed by atoms with van der Waals surface area (Å²) in [5.41, 5.74) is 1.89. The van der Waals surface area contributed by atoms with Gasteiger partial charge in [0.15, 0.2) is 11.5 Å². The normalized spacial score (nSPS) is 12.5. The molecule has 3 aromatic rings. The minimum absolute atomic E-state index is 0.0386. The minimum atomic E-state index is -0.0386. The third kappa shape index (κ3) is 3.25. The van der Waals surface area contributed by atoms with Crippen LogP contribution in [0, 0.1) is 0 Å². The predicted octanol–water partition coefficient (Wildman–Crippen LogP) is 3.12. The Kier molecular flexibility index (Phi) is 4.19. The Morgan fingerprint density at radius 1 is 1.24 bits per heavy atom. The standard InChI is InChI=1S/C18H16ClN3O3/c19-14-2-1-3-15-13(14)10-21-22(15)7-6-18(23)20-9-12-4-5-16-17(8-12)25-11-24-16/h1-5,8,10H,6-7,9,11H2,(H,20,23). The lowest BCUT2D eigenvalue weighted by Crippen LogP contribution is -2.24. The average molecular weight is 358 g/mol. The minimum Gasteiger partial charge on any atom is -0.454 e. The first-order chi connectivity index (χ1) is 12.2. The summed E-state index contributed by atoms with van der Waals surface area (Å²) in [6, 6.07) is 11.3. The zero-order valence-electron chi connectivity index (χ0n) is 13.4. The van der Waals surface area contributed by atoms with Crippen LogP contribution >= 0.6 is 11.6 Å². The Labute approximate surface area is 149 Å². The molecule has 0 saturated heterocycles. The van der Waals surface area contributed by atoms with Gasteiger partial charge in [-0.3, -0.25) is 9.48 Å². The van der Waals surface area contributed by atoms with Crippen molar-refractivity contribution in [2.24, 2.45) is 0 Å².